The van der Waals surface area contributed by atoms with Gasteiger partial charge in [0.05, 0.1) is 6.61 Å². The summed E-state index contributed by atoms with van der Waals surface area (Å²) in [6.45, 7) is 5.40. The van der Waals surface area contributed by atoms with Gasteiger partial charge in [0.15, 0.2) is 5.69 Å². The van der Waals surface area contributed by atoms with E-state index in [9.17, 15) is 18.0 Å². The van der Waals surface area contributed by atoms with Crippen LogP contribution in [0.5, 0.6) is 5.75 Å². The number of hydrogen-bond donors (Lipinski definition) is 1. The van der Waals surface area contributed by atoms with Gasteiger partial charge in [0.25, 0.3) is 5.91 Å². The maximum Gasteiger partial charge on any atom is 0.437 e. The van der Waals surface area contributed by atoms with Gasteiger partial charge in [0.2, 0.25) is 0 Å². The summed E-state index contributed by atoms with van der Waals surface area (Å²) in [6, 6.07) is 4.49. The molecule has 28 heavy (non-hydrogen) atoms. The number of ether oxygens (including phenoxy) is 1. The van der Waals surface area contributed by atoms with E-state index in [0.717, 1.165) is 11.9 Å². The van der Waals surface area contributed by atoms with E-state index in [2.05, 4.69) is 15.2 Å². The van der Waals surface area contributed by atoms with Crippen LogP contribution >= 0.6 is 0 Å². The van der Waals surface area contributed by atoms with E-state index in [1.54, 1.807) is 11.0 Å². The number of H-pyrrole nitrogens is 1. The highest BCUT2D eigenvalue weighted by Gasteiger charge is 2.57. The molecule has 2 aromatic rings. The largest absolute Gasteiger partial charge is 0.491 e. The third kappa shape index (κ3) is 3.45. The molecule has 150 valence electrons. The van der Waals surface area contributed by atoms with Gasteiger partial charge in [-0.3, -0.25) is 9.89 Å². The van der Waals surface area contributed by atoms with Crippen molar-refractivity contribution < 1.29 is 22.7 Å². The molecule has 1 saturated carbocycles. The SMILES string of the molecule is CC(C)c1cc(C(=O)N2C[C@@H]3C(COc4cccnc4C(F)(F)F)[C@@H]3C2)n[nH]1. The maximum absolute atomic E-state index is 13.0. The lowest BCUT2D eigenvalue weighted by Gasteiger charge is -2.19. The Kier molecular flexibility index (Phi) is 4.55. The summed E-state index contributed by atoms with van der Waals surface area (Å²) in [6.07, 6.45) is -3.44. The molecule has 2 aromatic heterocycles. The predicted octanol–water partition coefficient (Wildman–Crippen LogP) is 3.34. The first-order chi connectivity index (χ1) is 13.3. The van der Waals surface area contributed by atoms with Crippen molar-refractivity contribution in [2.45, 2.75) is 25.9 Å². The monoisotopic (exact) mass is 394 g/mol. The van der Waals surface area contributed by atoms with E-state index in [1.165, 1.54) is 12.1 Å². The molecule has 9 heteroatoms. The first-order valence-electron chi connectivity index (χ1n) is 9.25. The van der Waals surface area contributed by atoms with Gasteiger partial charge in [0.1, 0.15) is 11.4 Å². The van der Waals surface area contributed by atoms with Gasteiger partial charge in [-0.05, 0) is 36.0 Å². The Morgan fingerprint density at radius 3 is 2.68 bits per heavy atom. The van der Waals surface area contributed by atoms with Crippen LogP contribution in [0.3, 0.4) is 0 Å². The molecule has 1 unspecified atom stereocenters. The molecule has 6 nitrogen and oxygen atoms in total. The highest BCUT2D eigenvalue weighted by atomic mass is 19.4. The number of likely N-dealkylation sites (tertiary alicyclic amines) is 1. The van der Waals surface area contributed by atoms with Crippen molar-refractivity contribution in [3.63, 3.8) is 0 Å². The van der Waals surface area contributed by atoms with Crippen LogP contribution in [0.15, 0.2) is 24.4 Å². The molecule has 4 rings (SSSR count). The van der Waals surface area contributed by atoms with Crippen LogP contribution < -0.4 is 4.74 Å². The number of aromatic amines is 1. The molecule has 0 bridgehead atoms. The Morgan fingerprint density at radius 1 is 1.36 bits per heavy atom. The van der Waals surface area contributed by atoms with Crippen LogP contribution in [0, 0.1) is 17.8 Å². The number of piperidine rings is 1. The van der Waals surface area contributed by atoms with Crippen LogP contribution in [0.25, 0.3) is 0 Å². The molecular weight excluding hydrogens is 373 g/mol. The van der Waals surface area contributed by atoms with Crippen molar-refractivity contribution in [1.82, 2.24) is 20.1 Å². The molecule has 1 aliphatic heterocycles. The Balaban J connectivity index is 1.32. The lowest BCUT2D eigenvalue weighted by molar-refractivity contribution is -0.142. The Hall–Kier alpha value is -2.58. The van der Waals surface area contributed by atoms with E-state index in [1.807, 2.05) is 13.8 Å². The summed E-state index contributed by atoms with van der Waals surface area (Å²) in [5, 5.41) is 6.98. The van der Waals surface area contributed by atoms with Gasteiger partial charge < -0.3 is 9.64 Å². The molecule has 3 heterocycles. The standard InChI is InChI=1S/C19H21F3N4O2/c1-10(2)14-6-15(25-24-14)18(27)26-7-11-12(8-26)13(11)9-28-16-4-3-5-23-17(16)19(20,21)22/h3-6,10-13H,7-9H2,1-2H3,(H,24,25)/t11-,12+,13?. The molecule has 1 saturated heterocycles. The Morgan fingerprint density at radius 2 is 2.07 bits per heavy atom. The van der Waals surface area contributed by atoms with Crippen LogP contribution in [-0.4, -0.2) is 45.7 Å². The fourth-order valence-electron chi connectivity index (χ4n) is 3.87. The summed E-state index contributed by atoms with van der Waals surface area (Å²) in [5.74, 6) is 0.594. The molecule has 1 amide bonds. The van der Waals surface area contributed by atoms with Gasteiger partial charge in [-0.25, -0.2) is 4.98 Å². The molecule has 0 spiro atoms. The van der Waals surface area contributed by atoms with Gasteiger partial charge in [0, 0.05) is 30.9 Å². The van der Waals surface area contributed by atoms with E-state index < -0.39 is 11.9 Å². The summed E-state index contributed by atoms with van der Waals surface area (Å²) >= 11 is 0. The van der Waals surface area contributed by atoms with Gasteiger partial charge in [-0.15, -0.1) is 0 Å². The Labute approximate surface area is 160 Å². The molecule has 3 atom stereocenters. The third-order valence-corrected chi connectivity index (χ3v) is 5.57. The lowest BCUT2D eigenvalue weighted by Crippen LogP contribution is -2.32. The highest BCUT2D eigenvalue weighted by molar-refractivity contribution is 5.92. The third-order valence-electron chi connectivity index (χ3n) is 5.57. The van der Waals surface area contributed by atoms with Crippen molar-refractivity contribution in [1.29, 1.82) is 0 Å². The zero-order valence-electron chi connectivity index (χ0n) is 15.5. The molecule has 2 aliphatic rings. The van der Waals surface area contributed by atoms with Crippen molar-refractivity contribution in [2.24, 2.45) is 17.8 Å². The summed E-state index contributed by atoms with van der Waals surface area (Å²) in [4.78, 5) is 17.7. The van der Waals surface area contributed by atoms with Crippen molar-refractivity contribution in [2.75, 3.05) is 19.7 Å². The predicted molar refractivity (Wildman–Crippen MR) is 93.8 cm³/mol. The zero-order valence-corrected chi connectivity index (χ0v) is 15.5. The fourth-order valence-corrected chi connectivity index (χ4v) is 3.87. The number of carbonyl (C=O) groups is 1. The Bertz CT molecular complexity index is 868. The van der Waals surface area contributed by atoms with E-state index in [-0.39, 0.29) is 41.9 Å². The van der Waals surface area contributed by atoms with Crippen LogP contribution in [-0.2, 0) is 6.18 Å². The van der Waals surface area contributed by atoms with Crippen molar-refractivity contribution in [3.8, 4) is 5.75 Å². The lowest BCUT2D eigenvalue weighted by atomic mass is 10.1. The minimum Gasteiger partial charge on any atom is -0.491 e. The molecule has 1 N–H and O–H groups in total. The van der Waals surface area contributed by atoms with E-state index in [0.29, 0.717) is 18.8 Å². The molecule has 0 aromatic carbocycles. The average molecular weight is 394 g/mol. The normalized spacial score (nSPS) is 23.8. The second kappa shape index (κ2) is 6.79. The first kappa shape index (κ1) is 18.8. The number of amides is 1. The van der Waals surface area contributed by atoms with Crippen LogP contribution in [0.2, 0.25) is 0 Å². The second-order valence-electron chi connectivity index (χ2n) is 7.72. The summed E-state index contributed by atoms with van der Waals surface area (Å²) < 4.78 is 44.4. The van der Waals surface area contributed by atoms with E-state index >= 15 is 0 Å². The molecule has 2 fully saturated rings. The number of pyridine rings is 1. The minimum atomic E-state index is -4.54. The maximum atomic E-state index is 13.0. The average Bonchev–Trinajstić information content (AvgIpc) is 3.05. The number of carbonyl (C=O) groups excluding carboxylic acids is 1. The number of hydrogen-bond acceptors (Lipinski definition) is 4. The molecular formula is C19H21F3N4O2. The highest BCUT2D eigenvalue weighted by Crippen LogP contribution is 2.52. The smallest absolute Gasteiger partial charge is 0.437 e. The number of nitrogens with zero attached hydrogens (tertiary/aromatic N) is 3. The summed E-state index contributed by atoms with van der Waals surface area (Å²) in [5.41, 5.74) is 0.316. The van der Waals surface area contributed by atoms with Crippen LogP contribution in [0.4, 0.5) is 13.2 Å². The van der Waals surface area contributed by atoms with Gasteiger partial charge >= 0.3 is 6.18 Å². The second-order valence-corrected chi connectivity index (χ2v) is 7.72. The van der Waals surface area contributed by atoms with Crippen molar-refractivity contribution >= 4 is 5.91 Å². The van der Waals surface area contributed by atoms with E-state index in [4.69, 9.17) is 4.74 Å². The number of rotatable bonds is 5. The van der Waals surface area contributed by atoms with Crippen molar-refractivity contribution in [3.05, 3.63) is 41.5 Å². The van der Waals surface area contributed by atoms with Gasteiger partial charge in [-0.2, -0.15) is 18.3 Å². The number of alkyl halides is 3. The topological polar surface area (TPSA) is 71.1 Å². The quantitative estimate of drug-likeness (QED) is 0.844. The fraction of sp³-hybridized carbons (Fsp3) is 0.526. The number of aromatic nitrogens is 3. The number of fused-ring (bicyclic) bond motifs is 1. The first-order valence-corrected chi connectivity index (χ1v) is 9.25. The molecule has 1 aliphatic carbocycles. The minimum absolute atomic E-state index is 0.110. The number of nitrogens with one attached hydrogen (secondary N) is 1. The zero-order chi connectivity index (χ0) is 20.1. The van der Waals surface area contributed by atoms with Gasteiger partial charge in [-0.1, -0.05) is 13.8 Å². The number of halogens is 3. The summed E-state index contributed by atoms with van der Waals surface area (Å²) in [7, 11) is 0. The molecule has 0 radical (unpaired) electrons. The van der Waals surface area contributed by atoms with Crippen LogP contribution in [0.1, 0.15) is 41.6 Å².